The van der Waals surface area contributed by atoms with E-state index in [1.165, 1.54) is 0 Å². The largest absolute Gasteiger partial charge is 0.409 e. The normalized spacial score (nSPS) is 13.7. The molecule has 1 rings (SSSR count). The smallest absolute Gasteiger partial charge is 0.172 e. The summed E-state index contributed by atoms with van der Waals surface area (Å²) in [7, 11) is 2.04. The van der Waals surface area contributed by atoms with E-state index in [1.807, 2.05) is 31.3 Å². The van der Waals surface area contributed by atoms with Gasteiger partial charge < -0.3 is 15.8 Å². The minimum absolute atomic E-state index is 0.147. The number of hydrogen-bond acceptors (Lipinski definition) is 3. The molecule has 3 N–H and O–H groups in total. The Balaban J connectivity index is 3.02. The summed E-state index contributed by atoms with van der Waals surface area (Å²) >= 11 is 0. The van der Waals surface area contributed by atoms with Crippen molar-refractivity contribution in [3.8, 4) is 0 Å². The van der Waals surface area contributed by atoms with E-state index < -0.39 is 0 Å². The SMILES string of the molecule is CC(C)CC(C)N(C)c1ccccc1C(N)=NO. The van der Waals surface area contributed by atoms with Crippen molar-refractivity contribution >= 4 is 11.5 Å². The minimum atomic E-state index is 0.147. The fourth-order valence-electron chi connectivity index (χ4n) is 2.13. The van der Waals surface area contributed by atoms with E-state index in [0.717, 1.165) is 17.7 Å². The molecule has 1 unspecified atom stereocenters. The molecule has 0 aliphatic heterocycles. The number of oxime groups is 1. The summed E-state index contributed by atoms with van der Waals surface area (Å²) in [6.07, 6.45) is 1.10. The van der Waals surface area contributed by atoms with Crippen LogP contribution >= 0.6 is 0 Å². The molecule has 0 heterocycles. The second-order valence-corrected chi connectivity index (χ2v) is 5.09. The highest BCUT2D eigenvalue weighted by Crippen LogP contribution is 2.23. The summed E-state index contributed by atoms with van der Waals surface area (Å²) in [4.78, 5) is 2.17. The van der Waals surface area contributed by atoms with Gasteiger partial charge >= 0.3 is 0 Å². The number of rotatable bonds is 5. The Morgan fingerprint density at radius 1 is 1.33 bits per heavy atom. The van der Waals surface area contributed by atoms with Crippen LogP contribution in [0.25, 0.3) is 0 Å². The van der Waals surface area contributed by atoms with Crippen LogP contribution in [-0.4, -0.2) is 24.1 Å². The van der Waals surface area contributed by atoms with Crippen LogP contribution in [-0.2, 0) is 0 Å². The second kappa shape index (κ2) is 6.28. The van der Waals surface area contributed by atoms with Gasteiger partial charge in [0.05, 0.1) is 0 Å². The molecular formula is C14H23N3O. The maximum absolute atomic E-state index is 8.82. The maximum atomic E-state index is 8.82. The summed E-state index contributed by atoms with van der Waals surface area (Å²) in [5.41, 5.74) is 7.46. The number of amidine groups is 1. The van der Waals surface area contributed by atoms with E-state index >= 15 is 0 Å². The Hall–Kier alpha value is -1.71. The van der Waals surface area contributed by atoms with Crippen molar-refractivity contribution in [2.24, 2.45) is 16.8 Å². The third kappa shape index (κ3) is 3.39. The highest BCUT2D eigenvalue weighted by atomic mass is 16.4. The molecule has 0 aromatic heterocycles. The molecule has 0 bridgehead atoms. The van der Waals surface area contributed by atoms with Crippen molar-refractivity contribution in [3.05, 3.63) is 29.8 Å². The maximum Gasteiger partial charge on any atom is 0.172 e. The van der Waals surface area contributed by atoms with Crippen molar-refractivity contribution in [2.45, 2.75) is 33.2 Å². The first-order valence-electron chi connectivity index (χ1n) is 6.27. The zero-order chi connectivity index (χ0) is 13.7. The molecule has 0 radical (unpaired) electrons. The van der Waals surface area contributed by atoms with Gasteiger partial charge in [-0.15, -0.1) is 0 Å². The average Bonchev–Trinajstić information content (AvgIpc) is 2.36. The third-order valence-electron chi connectivity index (χ3n) is 3.14. The Morgan fingerprint density at radius 3 is 2.50 bits per heavy atom. The van der Waals surface area contributed by atoms with Crippen molar-refractivity contribution in [3.63, 3.8) is 0 Å². The first-order chi connectivity index (χ1) is 8.47. The van der Waals surface area contributed by atoms with Crippen molar-refractivity contribution in [1.29, 1.82) is 0 Å². The average molecular weight is 249 g/mol. The van der Waals surface area contributed by atoms with Gasteiger partial charge in [0.15, 0.2) is 5.84 Å². The number of anilines is 1. The van der Waals surface area contributed by atoms with Gasteiger partial charge in [-0.3, -0.25) is 0 Å². The first kappa shape index (κ1) is 14.4. The molecule has 0 saturated heterocycles. The predicted octanol–water partition coefficient (Wildman–Crippen LogP) is 2.65. The third-order valence-corrected chi connectivity index (χ3v) is 3.14. The summed E-state index contributed by atoms with van der Waals surface area (Å²) in [5, 5.41) is 11.9. The van der Waals surface area contributed by atoms with Crippen LogP contribution in [0.2, 0.25) is 0 Å². The molecule has 1 aromatic rings. The molecular weight excluding hydrogens is 226 g/mol. The van der Waals surface area contributed by atoms with Crippen LogP contribution in [0.5, 0.6) is 0 Å². The van der Waals surface area contributed by atoms with Crippen LogP contribution in [0.3, 0.4) is 0 Å². The Labute approximate surface area is 109 Å². The molecule has 0 fully saturated rings. The molecule has 0 aliphatic carbocycles. The summed E-state index contributed by atoms with van der Waals surface area (Å²) in [6, 6.07) is 8.10. The van der Waals surface area contributed by atoms with Gasteiger partial charge in [-0.2, -0.15) is 0 Å². The minimum Gasteiger partial charge on any atom is -0.409 e. The van der Waals surface area contributed by atoms with Gasteiger partial charge in [-0.1, -0.05) is 31.1 Å². The lowest BCUT2D eigenvalue weighted by Gasteiger charge is -2.30. The molecule has 0 aliphatic rings. The Morgan fingerprint density at radius 2 is 1.94 bits per heavy atom. The van der Waals surface area contributed by atoms with Gasteiger partial charge in [0.2, 0.25) is 0 Å². The molecule has 0 spiro atoms. The molecule has 100 valence electrons. The molecule has 4 heteroatoms. The first-order valence-corrected chi connectivity index (χ1v) is 6.27. The predicted molar refractivity (Wildman–Crippen MR) is 76.3 cm³/mol. The van der Waals surface area contributed by atoms with Gasteiger partial charge in [0, 0.05) is 24.3 Å². The summed E-state index contributed by atoms with van der Waals surface area (Å²) in [6.45, 7) is 6.60. The lowest BCUT2D eigenvalue weighted by atomic mass is 10.0. The Bertz CT molecular complexity index is 415. The standard InChI is InChI=1S/C14H23N3O/c1-10(2)9-11(3)17(4)13-8-6-5-7-12(13)14(15)16-18/h5-8,10-11,18H,9H2,1-4H3,(H2,15,16). The van der Waals surface area contributed by atoms with E-state index in [0.29, 0.717) is 12.0 Å². The number of nitrogens with zero attached hydrogens (tertiary/aromatic N) is 2. The zero-order valence-electron chi connectivity index (χ0n) is 11.6. The van der Waals surface area contributed by atoms with Gasteiger partial charge in [-0.25, -0.2) is 0 Å². The van der Waals surface area contributed by atoms with E-state index in [1.54, 1.807) is 0 Å². The lowest BCUT2D eigenvalue weighted by molar-refractivity contribution is 0.318. The number of hydrogen-bond donors (Lipinski definition) is 2. The zero-order valence-corrected chi connectivity index (χ0v) is 11.6. The van der Waals surface area contributed by atoms with Crippen LogP contribution < -0.4 is 10.6 Å². The van der Waals surface area contributed by atoms with E-state index in [2.05, 4.69) is 30.8 Å². The molecule has 0 amide bonds. The summed E-state index contributed by atoms with van der Waals surface area (Å²) < 4.78 is 0. The van der Waals surface area contributed by atoms with Gasteiger partial charge in [0.1, 0.15) is 0 Å². The molecule has 1 atom stereocenters. The van der Waals surface area contributed by atoms with E-state index in [-0.39, 0.29) is 5.84 Å². The van der Waals surface area contributed by atoms with Crippen molar-refractivity contribution in [1.82, 2.24) is 0 Å². The molecule has 4 nitrogen and oxygen atoms in total. The number of nitrogens with two attached hydrogens (primary N) is 1. The van der Waals surface area contributed by atoms with Crippen LogP contribution in [0.4, 0.5) is 5.69 Å². The fraction of sp³-hybridized carbons (Fsp3) is 0.500. The highest BCUT2D eigenvalue weighted by molar-refractivity contribution is 6.02. The Kier molecular flexibility index (Phi) is 5.01. The monoisotopic (exact) mass is 249 g/mol. The topological polar surface area (TPSA) is 61.8 Å². The van der Waals surface area contributed by atoms with Crippen LogP contribution in [0.15, 0.2) is 29.4 Å². The number of benzene rings is 1. The van der Waals surface area contributed by atoms with Crippen LogP contribution in [0, 0.1) is 5.92 Å². The molecule has 0 saturated carbocycles. The molecule has 1 aromatic carbocycles. The quantitative estimate of drug-likeness (QED) is 0.365. The van der Waals surface area contributed by atoms with Gasteiger partial charge in [-0.05, 0) is 31.4 Å². The van der Waals surface area contributed by atoms with Crippen molar-refractivity contribution < 1.29 is 5.21 Å². The van der Waals surface area contributed by atoms with Crippen molar-refractivity contribution in [2.75, 3.05) is 11.9 Å². The fourth-order valence-corrected chi connectivity index (χ4v) is 2.13. The second-order valence-electron chi connectivity index (χ2n) is 5.09. The van der Waals surface area contributed by atoms with E-state index in [4.69, 9.17) is 10.9 Å². The summed E-state index contributed by atoms with van der Waals surface area (Å²) in [5.74, 6) is 0.785. The highest BCUT2D eigenvalue weighted by Gasteiger charge is 2.16. The van der Waals surface area contributed by atoms with Gasteiger partial charge in [0.25, 0.3) is 0 Å². The lowest BCUT2D eigenvalue weighted by Crippen LogP contribution is -2.32. The van der Waals surface area contributed by atoms with Crippen LogP contribution in [0.1, 0.15) is 32.8 Å². The number of para-hydroxylation sites is 1. The van der Waals surface area contributed by atoms with E-state index in [9.17, 15) is 0 Å². The molecule has 18 heavy (non-hydrogen) atoms.